The summed E-state index contributed by atoms with van der Waals surface area (Å²) < 4.78 is 0. The Bertz CT molecular complexity index is 588. The molecule has 0 bridgehead atoms. The van der Waals surface area contributed by atoms with Gasteiger partial charge in [0.1, 0.15) is 10.6 Å². The number of hydrogen-bond donors (Lipinski definition) is 1. The van der Waals surface area contributed by atoms with Gasteiger partial charge < -0.3 is 5.32 Å². The zero-order valence-corrected chi connectivity index (χ0v) is 13.4. The van der Waals surface area contributed by atoms with E-state index in [0.717, 1.165) is 16.0 Å². The lowest BCUT2D eigenvalue weighted by Gasteiger charge is -2.21. The van der Waals surface area contributed by atoms with Gasteiger partial charge in [0.15, 0.2) is 0 Å². The second kappa shape index (κ2) is 6.27. The first-order chi connectivity index (χ1) is 9.72. The quantitative estimate of drug-likeness (QED) is 0.777. The van der Waals surface area contributed by atoms with Gasteiger partial charge in [0.2, 0.25) is 5.28 Å². The Morgan fingerprint density at radius 3 is 2.60 bits per heavy atom. The van der Waals surface area contributed by atoms with Gasteiger partial charge in [0.25, 0.3) is 0 Å². The van der Waals surface area contributed by atoms with Crippen molar-refractivity contribution in [2.45, 2.75) is 57.9 Å². The van der Waals surface area contributed by atoms with Crippen LogP contribution in [-0.4, -0.2) is 16.0 Å². The van der Waals surface area contributed by atoms with Crippen molar-refractivity contribution in [2.24, 2.45) is 0 Å². The molecule has 2 aromatic rings. The lowest BCUT2D eigenvalue weighted by Crippen LogP contribution is -2.21. The van der Waals surface area contributed by atoms with Crippen LogP contribution in [0.4, 0.5) is 5.82 Å². The van der Waals surface area contributed by atoms with Gasteiger partial charge in [-0.05, 0) is 37.4 Å². The highest BCUT2D eigenvalue weighted by atomic mass is 35.5. The zero-order chi connectivity index (χ0) is 13.9. The lowest BCUT2D eigenvalue weighted by molar-refractivity contribution is 0.471. The average Bonchev–Trinajstić information content (AvgIpc) is 2.72. The van der Waals surface area contributed by atoms with Crippen LogP contribution in [0.25, 0.3) is 10.2 Å². The molecule has 1 fully saturated rings. The van der Waals surface area contributed by atoms with Crippen molar-refractivity contribution < 1.29 is 0 Å². The van der Waals surface area contributed by atoms with Gasteiger partial charge in [-0.25, -0.2) is 9.97 Å². The van der Waals surface area contributed by atoms with E-state index in [2.05, 4.69) is 28.3 Å². The van der Waals surface area contributed by atoms with Crippen LogP contribution in [0, 0.1) is 6.92 Å². The van der Waals surface area contributed by atoms with E-state index in [0.29, 0.717) is 11.3 Å². The third-order valence-corrected chi connectivity index (χ3v) is 5.05. The Morgan fingerprint density at radius 1 is 1.15 bits per heavy atom. The summed E-state index contributed by atoms with van der Waals surface area (Å²) in [5.41, 5.74) is 0. The van der Waals surface area contributed by atoms with Crippen LogP contribution in [0.15, 0.2) is 6.07 Å². The van der Waals surface area contributed by atoms with E-state index in [4.69, 9.17) is 11.6 Å². The van der Waals surface area contributed by atoms with Crippen LogP contribution in [0.2, 0.25) is 5.28 Å². The number of nitrogens with zero attached hydrogens (tertiary/aromatic N) is 2. The standard InChI is InChI=1S/C15H20ClN3S/c1-10-9-12-13(18-15(16)19-14(12)20-10)17-11-7-5-3-2-4-6-8-11/h9,11H,2-8H2,1H3,(H,17,18,19). The van der Waals surface area contributed by atoms with Crippen LogP contribution >= 0.6 is 22.9 Å². The summed E-state index contributed by atoms with van der Waals surface area (Å²) in [6.07, 6.45) is 9.18. The third kappa shape index (κ3) is 3.23. The molecular formula is C15H20ClN3S. The highest BCUT2D eigenvalue weighted by Gasteiger charge is 2.15. The number of fused-ring (bicyclic) bond motifs is 1. The molecule has 108 valence electrons. The summed E-state index contributed by atoms with van der Waals surface area (Å²) >= 11 is 7.73. The summed E-state index contributed by atoms with van der Waals surface area (Å²) in [5, 5.41) is 5.07. The van der Waals surface area contributed by atoms with Crippen LogP contribution in [0.1, 0.15) is 49.8 Å². The van der Waals surface area contributed by atoms with E-state index in [-0.39, 0.29) is 0 Å². The van der Waals surface area contributed by atoms with Crippen LogP contribution in [0.5, 0.6) is 0 Å². The second-order valence-electron chi connectivity index (χ2n) is 5.60. The number of aromatic nitrogens is 2. The molecule has 2 heterocycles. The molecular weight excluding hydrogens is 290 g/mol. The van der Waals surface area contributed by atoms with E-state index >= 15 is 0 Å². The fourth-order valence-electron chi connectivity index (χ4n) is 2.92. The van der Waals surface area contributed by atoms with Gasteiger partial charge in [-0.1, -0.05) is 32.1 Å². The van der Waals surface area contributed by atoms with Crippen LogP contribution in [-0.2, 0) is 0 Å². The van der Waals surface area contributed by atoms with Crippen molar-refractivity contribution in [1.29, 1.82) is 0 Å². The smallest absolute Gasteiger partial charge is 0.225 e. The molecule has 0 saturated heterocycles. The zero-order valence-electron chi connectivity index (χ0n) is 11.8. The van der Waals surface area contributed by atoms with Gasteiger partial charge in [-0.2, -0.15) is 0 Å². The second-order valence-corrected chi connectivity index (χ2v) is 7.18. The largest absolute Gasteiger partial charge is 0.367 e. The number of anilines is 1. The summed E-state index contributed by atoms with van der Waals surface area (Å²) in [5.74, 6) is 0.912. The molecule has 3 nitrogen and oxygen atoms in total. The minimum absolute atomic E-state index is 0.340. The Labute approximate surface area is 128 Å². The molecule has 1 saturated carbocycles. The van der Waals surface area contributed by atoms with Crippen molar-refractivity contribution in [2.75, 3.05) is 5.32 Å². The molecule has 1 N–H and O–H groups in total. The van der Waals surface area contributed by atoms with Gasteiger partial charge in [-0.3, -0.25) is 0 Å². The van der Waals surface area contributed by atoms with E-state index in [1.165, 1.54) is 49.8 Å². The molecule has 20 heavy (non-hydrogen) atoms. The van der Waals surface area contributed by atoms with E-state index in [9.17, 15) is 0 Å². The van der Waals surface area contributed by atoms with Gasteiger partial charge in [-0.15, -0.1) is 11.3 Å². The number of nitrogens with one attached hydrogen (secondary N) is 1. The molecule has 0 radical (unpaired) electrons. The third-order valence-electron chi connectivity index (χ3n) is 3.93. The predicted molar refractivity (Wildman–Crippen MR) is 86.9 cm³/mol. The van der Waals surface area contributed by atoms with Crippen molar-refractivity contribution in [3.05, 3.63) is 16.2 Å². The predicted octanol–water partition coefficient (Wildman–Crippen LogP) is 5.18. The first-order valence-electron chi connectivity index (χ1n) is 7.42. The monoisotopic (exact) mass is 309 g/mol. The molecule has 0 spiro atoms. The molecule has 0 aromatic carbocycles. The molecule has 1 aliphatic carbocycles. The fourth-order valence-corrected chi connectivity index (χ4v) is 4.02. The molecule has 2 aromatic heterocycles. The molecule has 3 rings (SSSR count). The van der Waals surface area contributed by atoms with E-state index < -0.39 is 0 Å². The first kappa shape index (κ1) is 14.1. The van der Waals surface area contributed by atoms with E-state index in [1.54, 1.807) is 11.3 Å². The first-order valence-corrected chi connectivity index (χ1v) is 8.62. The Balaban J connectivity index is 1.85. The summed E-state index contributed by atoms with van der Waals surface area (Å²) in [7, 11) is 0. The molecule has 1 aliphatic rings. The lowest BCUT2D eigenvalue weighted by atomic mass is 9.97. The maximum Gasteiger partial charge on any atom is 0.225 e. The number of hydrogen-bond acceptors (Lipinski definition) is 4. The maximum atomic E-state index is 6.05. The number of thiophene rings is 1. The average molecular weight is 310 g/mol. The molecule has 5 heteroatoms. The number of rotatable bonds is 2. The topological polar surface area (TPSA) is 37.8 Å². The number of aryl methyl sites for hydroxylation is 1. The molecule has 0 unspecified atom stereocenters. The summed E-state index contributed by atoms with van der Waals surface area (Å²) in [6, 6.07) is 2.67. The summed E-state index contributed by atoms with van der Waals surface area (Å²) in [4.78, 5) is 11.0. The normalized spacial score (nSPS) is 17.9. The Morgan fingerprint density at radius 2 is 1.85 bits per heavy atom. The minimum atomic E-state index is 0.340. The SMILES string of the molecule is Cc1cc2c(NC3CCCCCCC3)nc(Cl)nc2s1. The summed E-state index contributed by atoms with van der Waals surface area (Å²) in [6.45, 7) is 2.10. The minimum Gasteiger partial charge on any atom is -0.367 e. The Kier molecular flexibility index (Phi) is 4.41. The van der Waals surface area contributed by atoms with Gasteiger partial charge >= 0.3 is 0 Å². The molecule has 0 atom stereocenters. The highest BCUT2D eigenvalue weighted by molar-refractivity contribution is 7.18. The molecule has 0 amide bonds. The Hall–Kier alpha value is -0.870. The van der Waals surface area contributed by atoms with Crippen molar-refractivity contribution in [1.82, 2.24) is 9.97 Å². The fraction of sp³-hybridized carbons (Fsp3) is 0.600. The maximum absolute atomic E-state index is 6.05. The molecule has 0 aliphatic heterocycles. The van der Waals surface area contributed by atoms with Crippen molar-refractivity contribution in [3.8, 4) is 0 Å². The van der Waals surface area contributed by atoms with Gasteiger partial charge in [0.05, 0.1) is 5.39 Å². The number of halogens is 1. The van der Waals surface area contributed by atoms with Crippen LogP contribution < -0.4 is 5.32 Å². The van der Waals surface area contributed by atoms with Crippen LogP contribution in [0.3, 0.4) is 0 Å². The van der Waals surface area contributed by atoms with E-state index in [1.807, 2.05) is 0 Å². The highest BCUT2D eigenvalue weighted by Crippen LogP contribution is 2.31. The van der Waals surface area contributed by atoms with Crippen molar-refractivity contribution >= 4 is 39.0 Å². The van der Waals surface area contributed by atoms with Crippen molar-refractivity contribution in [3.63, 3.8) is 0 Å². The van der Waals surface area contributed by atoms with Gasteiger partial charge in [0, 0.05) is 10.9 Å².